The van der Waals surface area contributed by atoms with Gasteiger partial charge in [-0.05, 0) is 36.8 Å². The van der Waals surface area contributed by atoms with Crippen LogP contribution in [-0.2, 0) is 14.8 Å². The molecule has 0 saturated carbocycles. The second kappa shape index (κ2) is 7.65. The molecule has 0 radical (unpaired) electrons. The third kappa shape index (κ3) is 4.08. The summed E-state index contributed by atoms with van der Waals surface area (Å²) in [4.78, 5) is 12.2. The third-order valence-corrected chi connectivity index (χ3v) is 5.83. The molecule has 1 saturated heterocycles. The first-order chi connectivity index (χ1) is 12.5. The van der Waals surface area contributed by atoms with Gasteiger partial charge in [-0.25, -0.2) is 8.42 Å². The molecule has 7 nitrogen and oxygen atoms in total. The fraction of sp³-hybridized carbons (Fsp3) is 0.278. The van der Waals surface area contributed by atoms with Crippen LogP contribution in [0.25, 0.3) is 0 Å². The summed E-state index contributed by atoms with van der Waals surface area (Å²) in [6.45, 7) is 0.262. The molecule has 1 N–H and O–H groups in total. The lowest BCUT2D eigenvalue weighted by Gasteiger charge is -2.19. The van der Waals surface area contributed by atoms with Crippen molar-refractivity contribution in [1.29, 1.82) is 0 Å². The molecule has 138 valence electrons. The summed E-state index contributed by atoms with van der Waals surface area (Å²) in [5.41, 5.74) is 0.899. The number of rotatable bonds is 6. The standard InChI is InChI=1S/C18H20N2O5S/c1-24-17-9-8-14(20-10-5-11-26(20,22)23)12-16(17)19-18(21)13-25-15-6-3-2-4-7-15/h2-4,6-9,12H,5,10-11,13H2,1H3,(H,19,21). The van der Waals surface area contributed by atoms with Crippen LogP contribution < -0.4 is 19.1 Å². The van der Waals surface area contributed by atoms with E-state index in [1.807, 2.05) is 18.2 Å². The molecule has 26 heavy (non-hydrogen) atoms. The molecule has 2 aromatic rings. The minimum atomic E-state index is -3.30. The minimum Gasteiger partial charge on any atom is -0.495 e. The van der Waals surface area contributed by atoms with Gasteiger partial charge >= 0.3 is 0 Å². The lowest BCUT2D eigenvalue weighted by Crippen LogP contribution is -2.25. The first-order valence-electron chi connectivity index (χ1n) is 8.16. The summed E-state index contributed by atoms with van der Waals surface area (Å²) in [6.07, 6.45) is 0.584. The quantitative estimate of drug-likeness (QED) is 0.836. The lowest BCUT2D eigenvalue weighted by molar-refractivity contribution is -0.118. The van der Waals surface area contributed by atoms with E-state index in [2.05, 4.69) is 5.32 Å². The number of carbonyl (C=O) groups excluding carboxylic acids is 1. The van der Waals surface area contributed by atoms with Crippen molar-refractivity contribution < 1.29 is 22.7 Å². The summed E-state index contributed by atoms with van der Waals surface area (Å²) >= 11 is 0. The van der Waals surface area contributed by atoms with Crippen molar-refractivity contribution in [3.05, 3.63) is 48.5 Å². The number of carbonyl (C=O) groups is 1. The van der Waals surface area contributed by atoms with Gasteiger partial charge in [0.1, 0.15) is 11.5 Å². The number of para-hydroxylation sites is 1. The fourth-order valence-electron chi connectivity index (χ4n) is 2.73. The van der Waals surface area contributed by atoms with E-state index < -0.39 is 10.0 Å². The largest absolute Gasteiger partial charge is 0.495 e. The van der Waals surface area contributed by atoms with Crippen LogP contribution in [-0.4, -0.2) is 40.3 Å². The third-order valence-electron chi connectivity index (χ3n) is 3.96. The molecular weight excluding hydrogens is 356 g/mol. The Hall–Kier alpha value is -2.74. The van der Waals surface area contributed by atoms with Crippen molar-refractivity contribution in [1.82, 2.24) is 0 Å². The van der Waals surface area contributed by atoms with E-state index in [0.717, 1.165) is 0 Å². The summed E-state index contributed by atoms with van der Waals surface area (Å²) in [5.74, 6) is 0.796. The molecule has 0 bridgehead atoms. The second-order valence-electron chi connectivity index (χ2n) is 5.78. The van der Waals surface area contributed by atoms with Crippen LogP contribution >= 0.6 is 0 Å². The summed E-state index contributed by atoms with van der Waals surface area (Å²) in [7, 11) is -1.81. The molecule has 0 aliphatic carbocycles. The number of methoxy groups -OCH3 is 1. The topological polar surface area (TPSA) is 84.9 Å². The maximum absolute atomic E-state index is 12.2. The zero-order valence-electron chi connectivity index (χ0n) is 14.3. The molecule has 3 rings (SSSR count). The number of ether oxygens (including phenoxy) is 2. The Morgan fingerprint density at radius 2 is 1.96 bits per heavy atom. The van der Waals surface area contributed by atoms with Crippen molar-refractivity contribution >= 4 is 27.3 Å². The number of benzene rings is 2. The fourth-order valence-corrected chi connectivity index (χ4v) is 4.29. The Labute approximate surface area is 152 Å². The molecule has 1 fully saturated rings. The van der Waals surface area contributed by atoms with Gasteiger partial charge in [-0.3, -0.25) is 9.10 Å². The summed E-state index contributed by atoms with van der Waals surface area (Å²) in [6, 6.07) is 13.9. The molecule has 0 atom stereocenters. The highest BCUT2D eigenvalue weighted by Crippen LogP contribution is 2.32. The smallest absolute Gasteiger partial charge is 0.262 e. The SMILES string of the molecule is COc1ccc(N2CCCS2(=O)=O)cc1NC(=O)COc1ccccc1. The highest BCUT2D eigenvalue weighted by Gasteiger charge is 2.29. The van der Waals surface area contributed by atoms with E-state index in [0.29, 0.717) is 35.8 Å². The molecule has 0 unspecified atom stereocenters. The van der Waals surface area contributed by atoms with E-state index in [-0.39, 0.29) is 18.3 Å². The maximum atomic E-state index is 12.2. The van der Waals surface area contributed by atoms with Crippen molar-refractivity contribution in [3.63, 3.8) is 0 Å². The average Bonchev–Trinajstić information content (AvgIpc) is 3.00. The van der Waals surface area contributed by atoms with E-state index >= 15 is 0 Å². The number of nitrogens with zero attached hydrogens (tertiary/aromatic N) is 1. The number of anilines is 2. The zero-order chi connectivity index (χ0) is 18.6. The minimum absolute atomic E-state index is 0.131. The first-order valence-corrected chi connectivity index (χ1v) is 9.77. The molecule has 1 aliphatic rings. The molecule has 1 heterocycles. The predicted octanol–water partition coefficient (Wildman–Crippen LogP) is 2.25. The van der Waals surface area contributed by atoms with Gasteiger partial charge in [0.15, 0.2) is 6.61 Å². The first kappa shape index (κ1) is 18.1. The molecule has 1 amide bonds. The lowest BCUT2D eigenvalue weighted by atomic mass is 10.2. The highest BCUT2D eigenvalue weighted by atomic mass is 32.2. The van der Waals surface area contributed by atoms with Crippen LogP contribution in [0.2, 0.25) is 0 Å². The van der Waals surface area contributed by atoms with Crippen LogP contribution in [0.5, 0.6) is 11.5 Å². The van der Waals surface area contributed by atoms with Gasteiger partial charge in [-0.15, -0.1) is 0 Å². The Morgan fingerprint density at radius 3 is 2.62 bits per heavy atom. The number of hydrogen-bond acceptors (Lipinski definition) is 5. The normalized spacial score (nSPS) is 15.5. The summed E-state index contributed by atoms with van der Waals surface area (Å²) in [5, 5.41) is 2.71. The zero-order valence-corrected chi connectivity index (χ0v) is 15.2. The maximum Gasteiger partial charge on any atom is 0.262 e. The van der Waals surface area contributed by atoms with E-state index in [1.54, 1.807) is 30.3 Å². The Morgan fingerprint density at radius 1 is 1.19 bits per heavy atom. The molecular formula is C18H20N2O5S. The highest BCUT2D eigenvalue weighted by molar-refractivity contribution is 7.93. The monoisotopic (exact) mass is 376 g/mol. The van der Waals surface area contributed by atoms with Gasteiger partial charge in [0, 0.05) is 6.54 Å². The molecule has 0 aromatic heterocycles. The van der Waals surface area contributed by atoms with Gasteiger partial charge in [0.05, 0.1) is 24.2 Å². The van der Waals surface area contributed by atoms with E-state index in [1.165, 1.54) is 11.4 Å². The predicted molar refractivity (Wildman–Crippen MR) is 99.3 cm³/mol. The second-order valence-corrected chi connectivity index (χ2v) is 7.79. The van der Waals surface area contributed by atoms with Crippen molar-refractivity contribution in [3.8, 4) is 11.5 Å². The summed E-state index contributed by atoms with van der Waals surface area (Å²) < 4.78 is 36.2. The average molecular weight is 376 g/mol. The van der Waals surface area contributed by atoms with Crippen molar-refractivity contribution in [2.75, 3.05) is 35.6 Å². The van der Waals surface area contributed by atoms with Gasteiger partial charge in [-0.2, -0.15) is 0 Å². The number of sulfonamides is 1. The molecule has 0 spiro atoms. The van der Waals surface area contributed by atoms with Crippen LogP contribution in [0.3, 0.4) is 0 Å². The van der Waals surface area contributed by atoms with Crippen molar-refractivity contribution in [2.24, 2.45) is 0 Å². The van der Waals surface area contributed by atoms with E-state index in [4.69, 9.17) is 9.47 Å². The van der Waals surface area contributed by atoms with Crippen molar-refractivity contribution in [2.45, 2.75) is 6.42 Å². The van der Waals surface area contributed by atoms with Gasteiger partial charge in [0.2, 0.25) is 10.0 Å². The molecule has 8 heteroatoms. The number of hydrogen-bond donors (Lipinski definition) is 1. The number of amides is 1. The van der Waals surface area contributed by atoms with Gasteiger partial charge in [-0.1, -0.05) is 18.2 Å². The van der Waals surface area contributed by atoms with Crippen LogP contribution in [0, 0.1) is 0 Å². The van der Waals surface area contributed by atoms with Gasteiger partial charge in [0.25, 0.3) is 5.91 Å². The Balaban J connectivity index is 1.73. The van der Waals surface area contributed by atoms with Crippen LogP contribution in [0.1, 0.15) is 6.42 Å². The van der Waals surface area contributed by atoms with E-state index in [9.17, 15) is 13.2 Å². The van der Waals surface area contributed by atoms with Gasteiger partial charge < -0.3 is 14.8 Å². The molecule has 1 aliphatic heterocycles. The number of nitrogens with one attached hydrogen (secondary N) is 1. The Kier molecular flexibility index (Phi) is 5.32. The Bertz CT molecular complexity index is 884. The van der Waals surface area contributed by atoms with Crippen LogP contribution in [0.4, 0.5) is 11.4 Å². The van der Waals surface area contributed by atoms with Crippen LogP contribution in [0.15, 0.2) is 48.5 Å². The molecule has 2 aromatic carbocycles.